The van der Waals surface area contributed by atoms with Gasteiger partial charge in [0.2, 0.25) is 5.91 Å². The van der Waals surface area contributed by atoms with E-state index in [1.54, 1.807) is 12.1 Å². The first-order valence-electron chi connectivity index (χ1n) is 7.99. The molecule has 1 saturated carbocycles. The fourth-order valence-electron chi connectivity index (χ4n) is 3.01. The zero-order chi connectivity index (χ0) is 17.4. The molecule has 126 valence electrons. The van der Waals surface area contributed by atoms with Crippen LogP contribution in [0, 0.1) is 5.92 Å². The minimum absolute atomic E-state index is 0.0267. The van der Waals surface area contributed by atoms with E-state index in [-0.39, 0.29) is 23.7 Å². The van der Waals surface area contributed by atoms with Gasteiger partial charge in [-0.3, -0.25) is 4.79 Å². The van der Waals surface area contributed by atoms with Crippen LogP contribution in [0.25, 0.3) is 10.1 Å². The Morgan fingerprint density at radius 3 is 2.76 bits per heavy atom. The van der Waals surface area contributed by atoms with Gasteiger partial charge in [0.25, 0.3) is 0 Å². The highest BCUT2D eigenvalue weighted by Gasteiger charge is 2.43. The van der Waals surface area contributed by atoms with Crippen LogP contribution in [0.4, 0.5) is 5.69 Å². The summed E-state index contributed by atoms with van der Waals surface area (Å²) < 4.78 is 9.90. The van der Waals surface area contributed by atoms with E-state index >= 15 is 0 Å². The molecular formula is C19H16N2O3S. The van der Waals surface area contributed by atoms with Crippen molar-refractivity contribution in [3.8, 4) is 0 Å². The fourth-order valence-corrected chi connectivity index (χ4v) is 3.70. The van der Waals surface area contributed by atoms with Crippen LogP contribution in [0.2, 0.25) is 0 Å². The lowest BCUT2D eigenvalue weighted by Gasteiger charge is -2.06. The largest absolute Gasteiger partial charge is 0.465 e. The van der Waals surface area contributed by atoms with Crippen LogP contribution in [0.15, 0.2) is 48.7 Å². The topological polar surface area (TPSA) is 68.3 Å². The van der Waals surface area contributed by atoms with Gasteiger partial charge in [0.1, 0.15) is 0 Å². The average molecular weight is 352 g/mol. The number of nitrogens with one attached hydrogen (secondary N) is 1. The van der Waals surface area contributed by atoms with E-state index in [0.717, 1.165) is 27.8 Å². The van der Waals surface area contributed by atoms with E-state index in [1.807, 2.05) is 36.5 Å². The van der Waals surface area contributed by atoms with Gasteiger partial charge >= 0.3 is 5.97 Å². The smallest absolute Gasteiger partial charge is 0.337 e. The van der Waals surface area contributed by atoms with Gasteiger partial charge in [-0.2, -0.15) is 4.37 Å². The Balaban J connectivity index is 1.41. The van der Waals surface area contributed by atoms with Crippen molar-refractivity contribution < 1.29 is 14.3 Å². The lowest BCUT2D eigenvalue weighted by Crippen LogP contribution is -2.14. The maximum atomic E-state index is 12.5. The number of carbonyl (C=O) groups is 2. The van der Waals surface area contributed by atoms with E-state index in [2.05, 4.69) is 9.69 Å². The lowest BCUT2D eigenvalue weighted by atomic mass is 10.1. The number of amides is 1. The molecule has 1 aliphatic rings. The van der Waals surface area contributed by atoms with Crippen molar-refractivity contribution in [1.82, 2.24) is 4.37 Å². The van der Waals surface area contributed by atoms with Crippen LogP contribution in [0.5, 0.6) is 0 Å². The molecule has 6 heteroatoms. The van der Waals surface area contributed by atoms with Crippen molar-refractivity contribution in [2.24, 2.45) is 5.92 Å². The maximum absolute atomic E-state index is 12.5. The maximum Gasteiger partial charge on any atom is 0.337 e. The molecule has 1 heterocycles. The van der Waals surface area contributed by atoms with Gasteiger partial charge in [0.05, 0.1) is 17.4 Å². The number of methoxy groups -OCH3 is 1. The Morgan fingerprint density at radius 2 is 2.00 bits per heavy atom. The summed E-state index contributed by atoms with van der Waals surface area (Å²) in [7, 11) is 1.36. The normalized spacial score (nSPS) is 18.8. The Bertz CT molecular complexity index is 949. The molecule has 0 bridgehead atoms. The number of esters is 1. The SMILES string of the molecule is COC(=O)c1ccc([C@H]2C[C@@H]2C(=O)Nc2ccc3cnsc3c2)cc1. The highest BCUT2D eigenvalue weighted by molar-refractivity contribution is 7.13. The van der Waals surface area contributed by atoms with Crippen molar-refractivity contribution in [2.75, 3.05) is 12.4 Å². The van der Waals surface area contributed by atoms with Crippen molar-refractivity contribution in [3.05, 3.63) is 59.8 Å². The monoisotopic (exact) mass is 352 g/mol. The van der Waals surface area contributed by atoms with Crippen LogP contribution in [-0.4, -0.2) is 23.4 Å². The predicted octanol–water partition coefficient (Wildman–Crippen LogP) is 3.83. The summed E-state index contributed by atoms with van der Waals surface area (Å²) in [5, 5.41) is 4.07. The molecule has 3 aromatic rings. The molecule has 0 saturated heterocycles. The van der Waals surface area contributed by atoms with Crippen LogP contribution in [-0.2, 0) is 9.53 Å². The summed E-state index contributed by atoms with van der Waals surface area (Å²) >= 11 is 1.42. The minimum atomic E-state index is -0.352. The second-order valence-corrected chi connectivity index (χ2v) is 6.96. The number of ether oxygens (including phenoxy) is 1. The molecule has 1 aliphatic carbocycles. The third kappa shape index (κ3) is 3.13. The number of hydrogen-bond acceptors (Lipinski definition) is 5. The van der Waals surface area contributed by atoms with E-state index in [1.165, 1.54) is 18.6 Å². The Hall–Kier alpha value is -2.73. The van der Waals surface area contributed by atoms with Gasteiger partial charge in [-0.15, -0.1) is 0 Å². The number of fused-ring (bicyclic) bond motifs is 1. The third-order valence-corrected chi connectivity index (χ3v) is 5.27. The molecule has 4 rings (SSSR count). The molecule has 2 atom stereocenters. The van der Waals surface area contributed by atoms with Gasteiger partial charge in [-0.05, 0) is 59.8 Å². The highest BCUT2D eigenvalue weighted by atomic mass is 32.1. The summed E-state index contributed by atoms with van der Waals surface area (Å²) in [6, 6.07) is 13.1. The van der Waals surface area contributed by atoms with E-state index in [0.29, 0.717) is 5.56 Å². The molecule has 0 spiro atoms. The Morgan fingerprint density at radius 1 is 1.20 bits per heavy atom. The third-order valence-electron chi connectivity index (χ3n) is 4.51. The van der Waals surface area contributed by atoms with Crippen molar-refractivity contribution in [1.29, 1.82) is 0 Å². The fraction of sp³-hybridized carbons (Fsp3) is 0.211. The molecule has 25 heavy (non-hydrogen) atoms. The highest BCUT2D eigenvalue weighted by Crippen LogP contribution is 2.48. The number of rotatable bonds is 4. The standard InChI is InChI=1S/C19H16N2O3S/c1-24-19(23)12-4-2-11(3-5-12)15-9-16(15)18(22)21-14-7-6-13-10-20-25-17(13)8-14/h2-8,10,15-16H,9H2,1H3,(H,21,22)/t15-,16+/m1/s1. The Labute approximate surface area is 148 Å². The van der Waals surface area contributed by atoms with E-state index < -0.39 is 0 Å². The van der Waals surface area contributed by atoms with E-state index in [9.17, 15) is 9.59 Å². The first kappa shape index (κ1) is 15.8. The van der Waals surface area contributed by atoms with E-state index in [4.69, 9.17) is 4.74 Å². The number of hydrogen-bond donors (Lipinski definition) is 1. The molecule has 1 aromatic heterocycles. The van der Waals surface area contributed by atoms with Gasteiger partial charge in [0.15, 0.2) is 0 Å². The number of anilines is 1. The average Bonchev–Trinajstić information content (AvgIpc) is 3.31. The van der Waals surface area contributed by atoms with Crippen LogP contribution < -0.4 is 5.32 Å². The molecule has 0 aliphatic heterocycles. The van der Waals surface area contributed by atoms with Gasteiger partial charge in [-0.25, -0.2) is 4.79 Å². The summed E-state index contributed by atoms with van der Waals surface area (Å²) in [5.41, 5.74) is 2.39. The summed E-state index contributed by atoms with van der Waals surface area (Å²) in [6.45, 7) is 0. The van der Waals surface area contributed by atoms with Crippen LogP contribution >= 0.6 is 11.5 Å². The summed E-state index contributed by atoms with van der Waals surface area (Å²) in [6.07, 6.45) is 2.65. The minimum Gasteiger partial charge on any atom is -0.465 e. The number of benzene rings is 2. The molecule has 0 radical (unpaired) electrons. The number of carbonyl (C=O) groups excluding carboxylic acids is 2. The molecule has 0 unspecified atom stereocenters. The van der Waals surface area contributed by atoms with Crippen LogP contribution in [0.1, 0.15) is 28.3 Å². The summed E-state index contributed by atoms with van der Waals surface area (Å²) in [4.78, 5) is 23.9. The first-order chi connectivity index (χ1) is 12.2. The molecule has 5 nitrogen and oxygen atoms in total. The van der Waals surface area contributed by atoms with Gasteiger partial charge < -0.3 is 10.1 Å². The quantitative estimate of drug-likeness (QED) is 0.725. The number of aromatic nitrogens is 1. The number of nitrogens with zero attached hydrogens (tertiary/aromatic N) is 1. The molecule has 2 aromatic carbocycles. The van der Waals surface area contributed by atoms with Crippen molar-refractivity contribution in [2.45, 2.75) is 12.3 Å². The molecule has 1 fully saturated rings. The zero-order valence-electron chi connectivity index (χ0n) is 13.6. The summed E-state index contributed by atoms with van der Waals surface area (Å²) in [5.74, 6) is -0.138. The molecule has 1 amide bonds. The second kappa shape index (κ2) is 6.29. The first-order valence-corrected chi connectivity index (χ1v) is 8.76. The van der Waals surface area contributed by atoms with Crippen molar-refractivity contribution >= 4 is 39.2 Å². The second-order valence-electron chi connectivity index (χ2n) is 6.13. The molecular weight excluding hydrogens is 336 g/mol. The van der Waals surface area contributed by atoms with Crippen LogP contribution in [0.3, 0.4) is 0 Å². The van der Waals surface area contributed by atoms with Gasteiger partial charge in [-0.1, -0.05) is 12.1 Å². The molecule has 1 N–H and O–H groups in total. The Kier molecular flexibility index (Phi) is 3.97. The predicted molar refractivity (Wildman–Crippen MR) is 96.9 cm³/mol. The zero-order valence-corrected chi connectivity index (χ0v) is 14.4. The van der Waals surface area contributed by atoms with Crippen molar-refractivity contribution in [3.63, 3.8) is 0 Å². The van der Waals surface area contributed by atoms with Gasteiger partial charge in [0, 0.05) is 23.2 Å². The lowest BCUT2D eigenvalue weighted by molar-refractivity contribution is -0.117.